The largest absolute Gasteiger partial charge is 0.492 e. The van der Waals surface area contributed by atoms with Gasteiger partial charge in [0.05, 0.1) is 6.54 Å². The molecule has 0 aliphatic heterocycles. The smallest absolute Gasteiger partial charge is 0.406 e. The van der Waals surface area contributed by atoms with Gasteiger partial charge in [-0.05, 0) is 34.5 Å². The van der Waals surface area contributed by atoms with E-state index < -0.39 is 4.92 Å². The minimum absolute atomic E-state index is 0.143. The summed E-state index contributed by atoms with van der Waals surface area (Å²) in [6.45, 7) is 2.95. The third-order valence-corrected chi connectivity index (χ3v) is 3.11. The fourth-order valence-electron chi connectivity index (χ4n) is 2.09. The van der Waals surface area contributed by atoms with E-state index in [1.165, 1.54) is 6.33 Å². The number of aryl methyl sites for hydroxylation is 2. The van der Waals surface area contributed by atoms with E-state index in [2.05, 4.69) is 4.98 Å². The summed E-state index contributed by atoms with van der Waals surface area (Å²) in [7, 11) is 3.51. The molecule has 0 fully saturated rings. The van der Waals surface area contributed by atoms with Gasteiger partial charge in [-0.25, -0.2) is 0 Å². The molecule has 7 heteroatoms. The van der Waals surface area contributed by atoms with Gasteiger partial charge in [-0.15, -0.1) is 0 Å². The zero-order valence-corrected chi connectivity index (χ0v) is 12.3. The van der Waals surface area contributed by atoms with Gasteiger partial charge < -0.3 is 19.8 Å². The first kappa shape index (κ1) is 14.8. The number of anilines is 1. The van der Waals surface area contributed by atoms with E-state index in [1.807, 2.05) is 31.2 Å². The second kappa shape index (κ2) is 6.25. The molecule has 21 heavy (non-hydrogen) atoms. The van der Waals surface area contributed by atoms with Crippen molar-refractivity contribution in [3.05, 3.63) is 46.3 Å². The first-order chi connectivity index (χ1) is 9.99. The van der Waals surface area contributed by atoms with Crippen molar-refractivity contribution in [2.24, 2.45) is 7.05 Å². The maximum atomic E-state index is 10.9. The Kier molecular flexibility index (Phi) is 4.42. The van der Waals surface area contributed by atoms with Crippen LogP contribution in [0.1, 0.15) is 5.56 Å². The zero-order valence-electron chi connectivity index (χ0n) is 12.3. The lowest BCUT2D eigenvalue weighted by Crippen LogP contribution is -2.26. The van der Waals surface area contributed by atoms with Crippen molar-refractivity contribution in [1.29, 1.82) is 0 Å². The summed E-state index contributed by atoms with van der Waals surface area (Å²) in [6.07, 6.45) is 1.44. The first-order valence-corrected chi connectivity index (χ1v) is 6.55. The van der Waals surface area contributed by atoms with Gasteiger partial charge in [0.15, 0.2) is 0 Å². The molecule has 0 saturated carbocycles. The summed E-state index contributed by atoms with van der Waals surface area (Å²) >= 11 is 0. The summed E-state index contributed by atoms with van der Waals surface area (Å²) in [4.78, 5) is 16.0. The SMILES string of the molecule is Cc1cccc(OCCN(C)c2c([N+](=O)[O-])ncn2C)c1. The van der Waals surface area contributed by atoms with Crippen LogP contribution in [0.15, 0.2) is 30.6 Å². The van der Waals surface area contributed by atoms with Crippen molar-refractivity contribution < 1.29 is 9.66 Å². The second-order valence-electron chi connectivity index (χ2n) is 4.85. The Morgan fingerprint density at radius 1 is 1.48 bits per heavy atom. The van der Waals surface area contributed by atoms with Crippen molar-refractivity contribution in [3.63, 3.8) is 0 Å². The number of benzene rings is 1. The summed E-state index contributed by atoms with van der Waals surface area (Å²) in [5, 5.41) is 10.9. The van der Waals surface area contributed by atoms with Gasteiger partial charge in [-0.3, -0.25) is 4.57 Å². The molecule has 0 N–H and O–H groups in total. The molecular formula is C14H18N4O3. The molecule has 0 aliphatic rings. The van der Waals surface area contributed by atoms with Crippen LogP contribution in [0, 0.1) is 17.0 Å². The van der Waals surface area contributed by atoms with Crippen molar-refractivity contribution >= 4 is 11.6 Å². The van der Waals surface area contributed by atoms with Crippen LogP contribution in [-0.2, 0) is 7.05 Å². The first-order valence-electron chi connectivity index (χ1n) is 6.55. The Morgan fingerprint density at radius 2 is 2.24 bits per heavy atom. The summed E-state index contributed by atoms with van der Waals surface area (Å²) in [5.74, 6) is 1.12. The number of hydrogen-bond donors (Lipinski definition) is 0. The third-order valence-electron chi connectivity index (χ3n) is 3.11. The lowest BCUT2D eigenvalue weighted by atomic mass is 10.2. The van der Waals surface area contributed by atoms with Crippen molar-refractivity contribution in [3.8, 4) is 5.75 Å². The highest BCUT2D eigenvalue weighted by atomic mass is 16.6. The van der Waals surface area contributed by atoms with Gasteiger partial charge in [0.1, 0.15) is 12.4 Å². The molecule has 0 amide bonds. The fraction of sp³-hybridized carbons (Fsp3) is 0.357. The molecule has 0 saturated heterocycles. The Balaban J connectivity index is 1.98. The van der Waals surface area contributed by atoms with Crippen LogP contribution in [-0.4, -0.2) is 34.7 Å². The van der Waals surface area contributed by atoms with Gasteiger partial charge in [-0.1, -0.05) is 12.1 Å². The monoisotopic (exact) mass is 290 g/mol. The van der Waals surface area contributed by atoms with Crippen molar-refractivity contribution in [2.75, 3.05) is 25.1 Å². The lowest BCUT2D eigenvalue weighted by Gasteiger charge is -2.18. The van der Waals surface area contributed by atoms with Crippen LogP contribution < -0.4 is 9.64 Å². The summed E-state index contributed by atoms with van der Waals surface area (Å²) < 4.78 is 7.28. The number of likely N-dealkylation sites (N-methyl/N-ethyl adjacent to an activating group) is 1. The molecular weight excluding hydrogens is 272 g/mol. The minimum Gasteiger partial charge on any atom is -0.492 e. The molecule has 112 valence electrons. The molecule has 0 atom stereocenters. The van der Waals surface area contributed by atoms with Gasteiger partial charge >= 0.3 is 5.82 Å². The Hall–Kier alpha value is -2.57. The quantitative estimate of drug-likeness (QED) is 0.602. The third kappa shape index (κ3) is 3.50. The highest BCUT2D eigenvalue weighted by Gasteiger charge is 2.23. The average Bonchev–Trinajstić information content (AvgIpc) is 2.81. The summed E-state index contributed by atoms with van der Waals surface area (Å²) in [5.41, 5.74) is 1.13. The minimum atomic E-state index is -0.479. The number of imidazole rings is 1. The maximum absolute atomic E-state index is 10.9. The molecule has 0 aliphatic carbocycles. The number of rotatable bonds is 6. The molecule has 1 aromatic heterocycles. The van der Waals surface area contributed by atoms with E-state index in [-0.39, 0.29) is 5.82 Å². The van der Waals surface area contributed by atoms with Gasteiger partial charge in [-0.2, -0.15) is 0 Å². The lowest BCUT2D eigenvalue weighted by molar-refractivity contribution is -0.388. The van der Waals surface area contributed by atoms with Crippen molar-refractivity contribution in [2.45, 2.75) is 6.92 Å². The molecule has 2 aromatic rings. The van der Waals surface area contributed by atoms with Crippen LogP contribution >= 0.6 is 0 Å². The fourth-order valence-corrected chi connectivity index (χ4v) is 2.09. The number of ether oxygens (including phenoxy) is 1. The molecule has 0 spiro atoms. The molecule has 0 unspecified atom stereocenters. The maximum Gasteiger partial charge on any atom is 0.406 e. The Morgan fingerprint density at radius 3 is 2.90 bits per heavy atom. The van der Waals surface area contributed by atoms with Crippen LogP contribution in [0.3, 0.4) is 0 Å². The molecule has 0 radical (unpaired) electrons. The van der Waals surface area contributed by atoms with Gasteiger partial charge in [0, 0.05) is 14.1 Å². The summed E-state index contributed by atoms with van der Waals surface area (Å²) in [6, 6.07) is 7.77. The Bertz CT molecular complexity index is 639. The zero-order chi connectivity index (χ0) is 15.4. The number of nitrogens with zero attached hydrogens (tertiary/aromatic N) is 4. The predicted octanol–water partition coefficient (Wildman–Crippen LogP) is 2.15. The van der Waals surface area contributed by atoms with E-state index in [0.717, 1.165) is 11.3 Å². The number of nitro groups is 1. The second-order valence-corrected chi connectivity index (χ2v) is 4.85. The molecule has 1 aromatic carbocycles. The predicted molar refractivity (Wildman–Crippen MR) is 79.8 cm³/mol. The normalized spacial score (nSPS) is 10.4. The topological polar surface area (TPSA) is 73.4 Å². The van der Waals surface area contributed by atoms with E-state index in [1.54, 1.807) is 23.6 Å². The van der Waals surface area contributed by atoms with Crippen molar-refractivity contribution in [1.82, 2.24) is 9.55 Å². The van der Waals surface area contributed by atoms with Crippen LogP contribution in [0.4, 0.5) is 11.6 Å². The molecule has 0 bridgehead atoms. The number of hydrogen-bond acceptors (Lipinski definition) is 5. The van der Waals surface area contributed by atoms with E-state index in [0.29, 0.717) is 19.0 Å². The molecule has 7 nitrogen and oxygen atoms in total. The molecule has 2 rings (SSSR count). The molecule has 1 heterocycles. The highest BCUT2D eigenvalue weighted by Crippen LogP contribution is 2.24. The van der Waals surface area contributed by atoms with E-state index in [4.69, 9.17) is 4.74 Å². The average molecular weight is 290 g/mol. The Labute approximate surface area is 122 Å². The van der Waals surface area contributed by atoms with Crippen LogP contribution in [0.2, 0.25) is 0 Å². The van der Waals surface area contributed by atoms with Gasteiger partial charge in [0.2, 0.25) is 12.1 Å². The van der Waals surface area contributed by atoms with E-state index >= 15 is 0 Å². The number of aromatic nitrogens is 2. The van der Waals surface area contributed by atoms with Crippen LogP contribution in [0.25, 0.3) is 0 Å². The van der Waals surface area contributed by atoms with Crippen LogP contribution in [0.5, 0.6) is 5.75 Å². The van der Waals surface area contributed by atoms with Gasteiger partial charge in [0.25, 0.3) is 0 Å². The van der Waals surface area contributed by atoms with E-state index in [9.17, 15) is 10.1 Å². The highest BCUT2D eigenvalue weighted by molar-refractivity contribution is 5.53. The standard InChI is InChI=1S/C14H18N4O3/c1-11-5-4-6-12(9-11)21-8-7-16(2)14-13(18(19)20)15-10-17(14)3/h4-6,9-10H,7-8H2,1-3H3.